The zero-order valence-corrected chi connectivity index (χ0v) is 17.3. The molecular formula is C18H35N3O9. The van der Waals surface area contributed by atoms with Crippen LogP contribution in [0.15, 0.2) is 0 Å². The molecule has 0 aliphatic rings. The molecule has 0 radical (unpaired) electrons. The van der Waals surface area contributed by atoms with Crippen LogP contribution in [-0.4, -0.2) is 98.1 Å². The van der Waals surface area contributed by atoms with Crippen LogP contribution in [0.4, 0.5) is 0 Å². The fourth-order valence-electron chi connectivity index (χ4n) is 2.69. The van der Waals surface area contributed by atoms with Crippen molar-refractivity contribution in [2.45, 2.75) is 76.0 Å². The Morgan fingerprint density at radius 3 is 1.97 bits per heavy atom. The van der Waals surface area contributed by atoms with E-state index in [-0.39, 0.29) is 25.2 Å². The second-order valence-electron chi connectivity index (χ2n) is 7.65. The Morgan fingerprint density at radius 1 is 0.933 bits per heavy atom. The number of carbonyl (C=O) groups is 3. The van der Waals surface area contributed by atoms with Crippen LogP contribution in [0.3, 0.4) is 0 Å². The van der Waals surface area contributed by atoms with Gasteiger partial charge in [0.2, 0.25) is 11.8 Å². The van der Waals surface area contributed by atoms with E-state index in [2.05, 4.69) is 10.6 Å². The molecule has 0 bridgehead atoms. The summed E-state index contributed by atoms with van der Waals surface area (Å²) in [6.45, 7) is 2.28. The molecule has 0 aromatic carbocycles. The van der Waals surface area contributed by atoms with Crippen LogP contribution < -0.4 is 16.4 Å². The van der Waals surface area contributed by atoms with E-state index in [9.17, 15) is 39.9 Å². The number of aliphatic carboxylic acids is 1. The predicted octanol–water partition coefficient (Wildman–Crippen LogP) is -3.35. The lowest BCUT2D eigenvalue weighted by Gasteiger charge is -2.28. The fraction of sp³-hybridized carbons (Fsp3) is 0.833. The molecule has 0 aromatic rings. The van der Waals surface area contributed by atoms with Crippen molar-refractivity contribution in [3.63, 3.8) is 0 Å². The average Bonchev–Trinajstić information content (AvgIpc) is 2.66. The first-order chi connectivity index (χ1) is 13.9. The van der Waals surface area contributed by atoms with Crippen LogP contribution in [-0.2, 0) is 14.4 Å². The fourth-order valence-corrected chi connectivity index (χ4v) is 2.69. The number of nitrogens with one attached hydrogen (secondary N) is 2. The highest BCUT2D eigenvalue weighted by molar-refractivity contribution is 5.82. The second-order valence-corrected chi connectivity index (χ2v) is 7.65. The SMILES string of the molecule is CC(C)CC(O)C(O)C(CO)NC(=O)CC(O)C(CO)NC(=O)[C@@H](N)CCC(=O)O. The molecule has 6 atom stereocenters. The molecule has 0 fully saturated rings. The van der Waals surface area contributed by atoms with E-state index in [4.69, 9.17) is 10.8 Å². The van der Waals surface area contributed by atoms with E-state index in [1.807, 2.05) is 13.8 Å². The van der Waals surface area contributed by atoms with Gasteiger partial charge in [0.15, 0.2) is 0 Å². The molecule has 30 heavy (non-hydrogen) atoms. The normalized spacial score (nSPS) is 17.5. The van der Waals surface area contributed by atoms with Gasteiger partial charge in [-0.25, -0.2) is 0 Å². The van der Waals surface area contributed by atoms with Gasteiger partial charge in [0, 0.05) is 6.42 Å². The molecule has 0 aliphatic carbocycles. The molecule has 12 heteroatoms. The third kappa shape index (κ3) is 10.8. The van der Waals surface area contributed by atoms with Gasteiger partial charge in [-0.15, -0.1) is 0 Å². The van der Waals surface area contributed by atoms with Crippen LogP contribution >= 0.6 is 0 Å². The molecular weight excluding hydrogens is 402 g/mol. The highest BCUT2D eigenvalue weighted by Gasteiger charge is 2.30. The largest absolute Gasteiger partial charge is 0.481 e. The second kappa shape index (κ2) is 14.2. The van der Waals surface area contributed by atoms with Crippen LogP contribution in [0.2, 0.25) is 0 Å². The molecule has 10 N–H and O–H groups in total. The van der Waals surface area contributed by atoms with Gasteiger partial charge in [0.25, 0.3) is 0 Å². The lowest BCUT2D eigenvalue weighted by atomic mass is 9.97. The quantitative estimate of drug-likeness (QED) is 0.124. The number of aliphatic hydroxyl groups excluding tert-OH is 5. The van der Waals surface area contributed by atoms with Crippen molar-refractivity contribution in [1.82, 2.24) is 10.6 Å². The molecule has 5 unspecified atom stereocenters. The van der Waals surface area contributed by atoms with Crippen LogP contribution in [0, 0.1) is 5.92 Å². The number of aliphatic hydroxyl groups is 5. The minimum atomic E-state index is -1.53. The van der Waals surface area contributed by atoms with Gasteiger partial charge in [-0.1, -0.05) is 13.8 Å². The summed E-state index contributed by atoms with van der Waals surface area (Å²) in [6.07, 6.45) is -4.96. The number of carboxylic acids is 1. The van der Waals surface area contributed by atoms with Gasteiger partial charge in [-0.3, -0.25) is 14.4 Å². The highest BCUT2D eigenvalue weighted by Crippen LogP contribution is 2.11. The Bertz CT molecular complexity index is 547. The molecule has 176 valence electrons. The van der Waals surface area contributed by atoms with E-state index in [1.54, 1.807) is 0 Å². The monoisotopic (exact) mass is 437 g/mol. The predicted molar refractivity (Wildman–Crippen MR) is 105 cm³/mol. The summed E-state index contributed by atoms with van der Waals surface area (Å²) in [5, 5.41) is 62.1. The number of carbonyl (C=O) groups excluding carboxylic acids is 2. The molecule has 0 aliphatic heterocycles. The molecule has 0 spiro atoms. The third-order valence-corrected chi connectivity index (χ3v) is 4.45. The minimum Gasteiger partial charge on any atom is -0.481 e. The van der Waals surface area contributed by atoms with Gasteiger partial charge in [0.1, 0.15) is 6.10 Å². The van der Waals surface area contributed by atoms with E-state index in [0.29, 0.717) is 0 Å². The van der Waals surface area contributed by atoms with Gasteiger partial charge >= 0.3 is 5.97 Å². The molecule has 0 saturated carbocycles. The Balaban J connectivity index is 4.74. The zero-order valence-electron chi connectivity index (χ0n) is 17.3. The Morgan fingerprint density at radius 2 is 1.50 bits per heavy atom. The van der Waals surface area contributed by atoms with Gasteiger partial charge in [0.05, 0.1) is 50.0 Å². The van der Waals surface area contributed by atoms with Crippen molar-refractivity contribution in [2.75, 3.05) is 13.2 Å². The lowest BCUT2D eigenvalue weighted by Crippen LogP contribution is -2.54. The maximum atomic E-state index is 12.1. The number of nitrogens with two attached hydrogens (primary N) is 1. The summed E-state index contributed by atoms with van der Waals surface area (Å²) in [5.41, 5.74) is 5.55. The third-order valence-electron chi connectivity index (χ3n) is 4.45. The van der Waals surface area contributed by atoms with Gasteiger partial charge in [-0.05, 0) is 18.8 Å². The van der Waals surface area contributed by atoms with Crippen molar-refractivity contribution < 1.29 is 45.0 Å². The Hall–Kier alpha value is -1.83. The topological polar surface area (TPSA) is 223 Å². The van der Waals surface area contributed by atoms with Crippen molar-refractivity contribution in [2.24, 2.45) is 11.7 Å². The summed E-state index contributed by atoms with van der Waals surface area (Å²) in [5.74, 6) is -2.65. The maximum absolute atomic E-state index is 12.1. The first kappa shape index (κ1) is 28.2. The van der Waals surface area contributed by atoms with E-state index < -0.39 is 73.9 Å². The maximum Gasteiger partial charge on any atom is 0.303 e. The van der Waals surface area contributed by atoms with Crippen LogP contribution in [0.1, 0.15) is 39.5 Å². The minimum absolute atomic E-state index is 0.0716. The first-order valence-electron chi connectivity index (χ1n) is 9.75. The zero-order chi connectivity index (χ0) is 23.4. The van der Waals surface area contributed by atoms with Crippen LogP contribution in [0.5, 0.6) is 0 Å². The molecule has 12 nitrogen and oxygen atoms in total. The average molecular weight is 437 g/mol. The van der Waals surface area contributed by atoms with Crippen molar-refractivity contribution in [3.8, 4) is 0 Å². The highest BCUT2D eigenvalue weighted by atomic mass is 16.4. The number of amides is 2. The standard InChI is InChI=1S/C18H35N3O9/c1-9(2)5-14(25)17(29)12(8-23)20-15(26)6-13(24)11(7-22)21-18(30)10(19)3-4-16(27)28/h9-14,17,22-25,29H,3-8,19H2,1-2H3,(H,20,26)(H,21,30)(H,27,28)/t10-,11?,12?,13?,14?,17?/m0/s1. The van der Waals surface area contributed by atoms with E-state index in [0.717, 1.165) is 0 Å². The summed E-state index contributed by atoms with van der Waals surface area (Å²) in [7, 11) is 0. The number of carboxylic acid groups (broad SMARTS) is 1. The number of rotatable bonds is 15. The van der Waals surface area contributed by atoms with E-state index in [1.165, 1.54) is 0 Å². The number of hydrogen-bond donors (Lipinski definition) is 9. The lowest BCUT2D eigenvalue weighted by molar-refractivity contribution is -0.137. The first-order valence-corrected chi connectivity index (χ1v) is 9.75. The van der Waals surface area contributed by atoms with E-state index >= 15 is 0 Å². The Kier molecular flexibility index (Phi) is 13.4. The van der Waals surface area contributed by atoms with Gasteiger partial charge in [-0.2, -0.15) is 0 Å². The molecule has 0 aromatic heterocycles. The van der Waals surface area contributed by atoms with Crippen molar-refractivity contribution >= 4 is 17.8 Å². The summed E-state index contributed by atoms with van der Waals surface area (Å²) in [4.78, 5) is 34.6. The molecule has 0 heterocycles. The Labute approximate surface area is 175 Å². The van der Waals surface area contributed by atoms with Crippen molar-refractivity contribution in [1.29, 1.82) is 0 Å². The number of hydrogen-bond acceptors (Lipinski definition) is 9. The summed E-state index contributed by atoms with van der Waals surface area (Å²) in [6, 6.07) is -3.60. The molecule has 2 amide bonds. The smallest absolute Gasteiger partial charge is 0.303 e. The molecule has 0 rings (SSSR count). The van der Waals surface area contributed by atoms with Crippen LogP contribution in [0.25, 0.3) is 0 Å². The van der Waals surface area contributed by atoms with Gasteiger partial charge < -0.3 is 47.0 Å². The summed E-state index contributed by atoms with van der Waals surface area (Å²) >= 11 is 0. The molecule has 0 saturated heterocycles. The van der Waals surface area contributed by atoms with Crippen molar-refractivity contribution in [3.05, 3.63) is 0 Å². The summed E-state index contributed by atoms with van der Waals surface area (Å²) < 4.78 is 0.